The number of amides is 3. The summed E-state index contributed by atoms with van der Waals surface area (Å²) in [6.45, 7) is 1.54. The number of imide groups is 1. The van der Waals surface area contributed by atoms with E-state index in [1.54, 1.807) is 4.90 Å². The summed E-state index contributed by atoms with van der Waals surface area (Å²) in [6.07, 6.45) is 3.59. The van der Waals surface area contributed by atoms with E-state index in [4.69, 9.17) is 0 Å². The third-order valence-electron chi connectivity index (χ3n) is 3.64. The van der Waals surface area contributed by atoms with Crippen molar-refractivity contribution < 1.29 is 9.59 Å². The highest BCUT2D eigenvalue weighted by atomic mass is 16.2. The highest BCUT2D eigenvalue weighted by molar-refractivity contribution is 6.18. The minimum atomic E-state index is -0.148. The number of carbonyl (C=O) groups excluding carboxylic acids is 2. The Morgan fingerprint density at radius 1 is 1.06 bits per heavy atom. The Morgan fingerprint density at radius 2 is 1.78 bits per heavy atom. The second kappa shape index (κ2) is 4.44. The zero-order valence-electron chi connectivity index (χ0n) is 10.3. The second-order valence-corrected chi connectivity index (χ2v) is 4.86. The molecule has 1 fully saturated rings. The van der Waals surface area contributed by atoms with Crippen LogP contribution in [0.25, 0.3) is 0 Å². The average molecular weight is 244 g/mol. The van der Waals surface area contributed by atoms with Crippen molar-refractivity contribution >= 4 is 17.6 Å². The maximum atomic E-state index is 12.4. The monoisotopic (exact) mass is 244 g/mol. The van der Waals surface area contributed by atoms with E-state index in [2.05, 4.69) is 0 Å². The van der Waals surface area contributed by atoms with E-state index in [9.17, 15) is 9.59 Å². The maximum Gasteiger partial charge on any atom is 0.331 e. The van der Waals surface area contributed by atoms with Crippen molar-refractivity contribution in [2.24, 2.45) is 0 Å². The molecule has 0 aromatic heterocycles. The van der Waals surface area contributed by atoms with E-state index >= 15 is 0 Å². The van der Waals surface area contributed by atoms with Gasteiger partial charge in [-0.05, 0) is 30.9 Å². The van der Waals surface area contributed by atoms with Crippen LogP contribution in [0, 0.1) is 0 Å². The fourth-order valence-corrected chi connectivity index (χ4v) is 2.69. The number of para-hydroxylation sites is 1. The Bertz CT molecular complexity index is 492. The molecule has 3 rings (SSSR count). The summed E-state index contributed by atoms with van der Waals surface area (Å²) in [5, 5.41) is 0. The number of anilines is 1. The molecule has 18 heavy (non-hydrogen) atoms. The van der Waals surface area contributed by atoms with Gasteiger partial charge in [-0.15, -0.1) is 0 Å². The summed E-state index contributed by atoms with van der Waals surface area (Å²) in [5.41, 5.74) is 1.71. The molecule has 2 aliphatic rings. The molecule has 4 nitrogen and oxygen atoms in total. The first kappa shape index (κ1) is 11.3. The van der Waals surface area contributed by atoms with Gasteiger partial charge in [0.25, 0.3) is 0 Å². The number of likely N-dealkylation sites (tertiary alicyclic amines) is 1. The third-order valence-corrected chi connectivity index (χ3v) is 3.64. The van der Waals surface area contributed by atoms with Gasteiger partial charge in [-0.25, -0.2) is 9.69 Å². The lowest BCUT2D eigenvalue weighted by atomic mass is 10.1. The largest absolute Gasteiger partial charge is 0.331 e. The normalized spacial score (nSPS) is 19.0. The van der Waals surface area contributed by atoms with Crippen LogP contribution in [0.2, 0.25) is 0 Å². The first-order valence-corrected chi connectivity index (χ1v) is 6.47. The molecule has 2 aliphatic heterocycles. The summed E-state index contributed by atoms with van der Waals surface area (Å²) >= 11 is 0. The lowest BCUT2D eigenvalue weighted by Crippen LogP contribution is -2.46. The maximum absolute atomic E-state index is 12.4. The molecule has 1 aromatic carbocycles. The lowest BCUT2D eigenvalue weighted by molar-refractivity contribution is -0.116. The van der Waals surface area contributed by atoms with Crippen LogP contribution < -0.4 is 4.90 Å². The first-order valence-electron chi connectivity index (χ1n) is 6.47. The molecule has 0 N–H and O–H groups in total. The number of carbonyl (C=O) groups is 2. The van der Waals surface area contributed by atoms with E-state index in [0.29, 0.717) is 6.42 Å². The zero-order valence-corrected chi connectivity index (χ0v) is 10.3. The molecule has 1 aromatic rings. The van der Waals surface area contributed by atoms with Crippen molar-refractivity contribution in [2.75, 3.05) is 18.0 Å². The van der Waals surface area contributed by atoms with Crippen LogP contribution in [-0.2, 0) is 11.2 Å². The van der Waals surface area contributed by atoms with Crippen LogP contribution in [0.1, 0.15) is 24.8 Å². The molecule has 0 radical (unpaired) electrons. The summed E-state index contributed by atoms with van der Waals surface area (Å²) < 4.78 is 0. The van der Waals surface area contributed by atoms with Crippen molar-refractivity contribution in [2.45, 2.75) is 25.7 Å². The van der Waals surface area contributed by atoms with E-state index < -0.39 is 0 Å². The van der Waals surface area contributed by atoms with Gasteiger partial charge in [-0.2, -0.15) is 0 Å². The molecule has 0 saturated carbocycles. The number of piperidine rings is 1. The van der Waals surface area contributed by atoms with Gasteiger partial charge in [-0.3, -0.25) is 4.79 Å². The Hall–Kier alpha value is -1.84. The number of rotatable bonds is 0. The van der Waals surface area contributed by atoms with E-state index in [0.717, 1.165) is 37.2 Å². The van der Waals surface area contributed by atoms with Gasteiger partial charge < -0.3 is 4.90 Å². The summed E-state index contributed by atoms with van der Waals surface area (Å²) in [4.78, 5) is 27.5. The molecule has 3 amide bonds. The van der Waals surface area contributed by atoms with Gasteiger partial charge in [0.15, 0.2) is 0 Å². The van der Waals surface area contributed by atoms with Crippen LogP contribution in [0.5, 0.6) is 0 Å². The molecule has 0 bridgehead atoms. The Morgan fingerprint density at radius 3 is 2.56 bits per heavy atom. The molecule has 0 spiro atoms. The van der Waals surface area contributed by atoms with Gasteiger partial charge in [0.2, 0.25) is 5.91 Å². The van der Waals surface area contributed by atoms with Crippen LogP contribution in [-0.4, -0.2) is 29.9 Å². The van der Waals surface area contributed by atoms with Crippen molar-refractivity contribution in [3.8, 4) is 0 Å². The number of hydrogen-bond donors (Lipinski definition) is 0. The Balaban J connectivity index is 1.87. The zero-order chi connectivity index (χ0) is 12.5. The van der Waals surface area contributed by atoms with Crippen LogP contribution in [0.15, 0.2) is 24.3 Å². The number of benzene rings is 1. The average Bonchev–Trinajstić information content (AvgIpc) is 2.75. The minimum Gasteiger partial charge on any atom is -0.324 e. The standard InChI is InChI=1S/C14H16N2O2/c17-13-10-11-6-2-3-7-12(11)16(13)14(18)15-8-4-1-5-9-15/h2-3,6-7H,1,4-5,8-10H2. The van der Waals surface area contributed by atoms with Gasteiger partial charge in [-0.1, -0.05) is 18.2 Å². The number of hydrogen-bond acceptors (Lipinski definition) is 2. The summed E-state index contributed by atoms with van der Waals surface area (Å²) in [6, 6.07) is 7.39. The van der Waals surface area contributed by atoms with E-state index in [-0.39, 0.29) is 11.9 Å². The van der Waals surface area contributed by atoms with Crippen molar-refractivity contribution in [3.63, 3.8) is 0 Å². The number of nitrogens with zero attached hydrogens (tertiary/aromatic N) is 2. The molecule has 1 saturated heterocycles. The van der Waals surface area contributed by atoms with Crippen molar-refractivity contribution in [1.29, 1.82) is 0 Å². The van der Waals surface area contributed by atoms with Crippen LogP contribution in [0.3, 0.4) is 0 Å². The highest BCUT2D eigenvalue weighted by Crippen LogP contribution is 2.29. The van der Waals surface area contributed by atoms with Gasteiger partial charge in [0.1, 0.15) is 0 Å². The third kappa shape index (κ3) is 1.78. The molecule has 0 atom stereocenters. The molecule has 94 valence electrons. The highest BCUT2D eigenvalue weighted by Gasteiger charge is 2.34. The smallest absolute Gasteiger partial charge is 0.324 e. The fraction of sp³-hybridized carbons (Fsp3) is 0.429. The molecule has 4 heteroatoms. The van der Waals surface area contributed by atoms with Gasteiger partial charge in [0, 0.05) is 13.1 Å². The second-order valence-electron chi connectivity index (χ2n) is 4.86. The van der Waals surface area contributed by atoms with Crippen molar-refractivity contribution in [3.05, 3.63) is 29.8 Å². The summed E-state index contributed by atoms with van der Waals surface area (Å²) in [7, 11) is 0. The molecule has 0 unspecified atom stereocenters. The van der Waals surface area contributed by atoms with Crippen LogP contribution >= 0.6 is 0 Å². The Kier molecular flexibility index (Phi) is 2.78. The number of fused-ring (bicyclic) bond motifs is 1. The predicted octanol–water partition coefficient (Wildman–Crippen LogP) is 2.18. The van der Waals surface area contributed by atoms with Crippen LogP contribution in [0.4, 0.5) is 10.5 Å². The fourth-order valence-electron chi connectivity index (χ4n) is 2.69. The number of urea groups is 1. The lowest BCUT2D eigenvalue weighted by Gasteiger charge is -2.30. The van der Waals surface area contributed by atoms with E-state index in [1.807, 2.05) is 24.3 Å². The molecule has 0 aliphatic carbocycles. The van der Waals surface area contributed by atoms with Crippen molar-refractivity contribution in [1.82, 2.24) is 4.90 Å². The SMILES string of the molecule is O=C1Cc2ccccc2N1C(=O)N1CCCCC1. The minimum absolute atomic E-state index is 0.105. The summed E-state index contributed by atoms with van der Waals surface area (Å²) in [5.74, 6) is -0.105. The quantitative estimate of drug-likeness (QED) is 0.702. The topological polar surface area (TPSA) is 40.6 Å². The van der Waals surface area contributed by atoms with E-state index in [1.165, 1.54) is 11.3 Å². The predicted molar refractivity (Wildman–Crippen MR) is 68.5 cm³/mol. The molecular weight excluding hydrogens is 228 g/mol. The first-order chi connectivity index (χ1) is 8.77. The van der Waals surface area contributed by atoms with Gasteiger partial charge >= 0.3 is 6.03 Å². The molecule has 2 heterocycles. The Labute approximate surface area is 106 Å². The van der Waals surface area contributed by atoms with Gasteiger partial charge in [0.05, 0.1) is 12.1 Å². The molecular formula is C14H16N2O2.